The summed E-state index contributed by atoms with van der Waals surface area (Å²) < 4.78 is 5.92. The minimum atomic E-state index is -0.0898. The minimum absolute atomic E-state index is 0.0898. The molecule has 1 aromatic heterocycles. The van der Waals surface area contributed by atoms with E-state index in [-0.39, 0.29) is 11.2 Å². The first-order valence-electron chi connectivity index (χ1n) is 8.88. The highest BCUT2D eigenvalue weighted by molar-refractivity contribution is 5.77. The van der Waals surface area contributed by atoms with Crippen LogP contribution in [0.3, 0.4) is 0 Å². The Hall–Kier alpha value is -3.14. The van der Waals surface area contributed by atoms with Crippen LogP contribution in [0, 0.1) is 0 Å². The first-order chi connectivity index (χ1) is 12.9. The van der Waals surface area contributed by atoms with Crippen molar-refractivity contribution in [2.75, 3.05) is 0 Å². The third kappa shape index (κ3) is 4.17. The predicted molar refractivity (Wildman–Crippen MR) is 109 cm³/mol. The zero-order valence-corrected chi connectivity index (χ0v) is 15.9. The van der Waals surface area contributed by atoms with Crippen LogP contribution in [0.1, 0.15) is 37.5 Å². The van der Waals surface area contributed by atoms with Gasteiger partial charge in [0.05, 0.1) is 0 Å². The van der Waals surface area contributed by atoms with Gasteiger partial charge >= 0.3 is 0 Å². The van der Waals surface area contributed by atoms with Crippen molar-refractivity contribution in [2.45, 2.75) is 32.8 Å². The van der Waals surface area contributed by atoms with Crippen LogP contribution in [0.2, 0.25) is 0 Å². The Morgan fingerprint density at radius 3 is 2.44 bits per heavy atom. The fraction of sp³-hybridized carbons (Fsp3) is 0.217. The molecule has 27 heavy (non-hydrogen) atoms. The molecule has 138 valence electrons. The standard InChI is InChI=1S/C23H24N2O2/c1-5-17-13-18(23(2,3)4)14-19(21(17)26)20-22(25-12-11-24-20)27-15-16-9-7-6-8-10-16/h5-14,26H,1,15H2,2-4H3. The molecule has 0 unspecified atom stereocenters. The molecule has 0 spiro atoms. The van der Waals surface area contributed by atoms with Crippen LogP contribution < -0.4 is 4.74 Å². The second kappa shape index (κ2) is 7.62. The summed E-state index contributed by atoms with van der Waals surface area (Å²) in [5.74, 6) is 0.515. The van der Waals surface area contributed by atoms with E-state index in [1.807, 2.05) is 42.5 Å². The molecule has 4 nitrogen and oxygen atoms in total. The molecule has 3 aromatic rings. The van der Waals surface area contributed by atoms with Crippen molar-refractivity contribution < 1.29 is 9.84 Å². The molecule has 0 atom stereocenters. The van der Waals surface area contributed by atoms with Crippen molar-refractivity contribution in [1.82, 2.24) is 9.97 Å². The molecule has 2 aromatic carbocycles. The molecule has 0 radical (unpaired) electrons. The van der Waals surface area contributed by atoms with E-state index in [0.29, 0.717) is 29.3 Å². The summed E-state index contributed by atoms with van der Waals surface area (Å²) in [7, 11) is 0. The van der Waals surface area contributed by atoms with Gasteiger partial charge in [0.25, 0.3) is 0 Å². The number of hydrogen-bond donors (Lipinski definition) is 1. The largest absolute Gasteiger partial charge is 0.507 e. The van der Waals surface area contributed by atoms with Crippen molar-refractivity contribution in [3.05, 3.63) is 78.1 Å². The summed E-state index contributed by atoms with van der Waals surface area (Å²) >= 11 is 0. The molecule has 0 aliphatic heterocycles. The second-order valence-corrected chi connectivity index (χ2v) is 7.40. The molecule has 0 fully saturated rings. The number of aromatic hydroxyl groups is 1. The van der Waals surface area contributed by atoms with Gasteiger partial charge in [-0.3, -0.25) is 0 Å². The lowest BCUT2D eigenvalue weighted by atomic mass is 9.84. The molecule has 3 rings (SSSR count). The fourth-order valence-electron chi connectivity index (χ4n) is 2.77. The lowest BCUT2D eigenvalue weighted by Gasteiger charge is -2.22. The van der Waals surface area contributed by atoms with E-state index in [0.717, 1.165) is 11.1 Å². The molecule has 4 heteroatoms. The molecule has 0 amide bonds. The van der Waals surface area contributed by atoms with Gasteiger partial charge in [0.1, 0.15) is 18.1 Å². The summed E-state index contributed by atoms with van der Waals surface area (Å²) in [4.78, 5) is 8.78. The van der Waals surface area contributed by atoms with Gasteiger partial charge in [0.15, 0.2) is 0 Å². The van der Waals surface area contributed by atoms with Gasteiger partial charge in [-0.05, 0) is 28.7 Å². The van der Waals surface area contributed by atoms with E-state index in [1.54, 1.807) is 18.5 Å². The Morgan fingerprint density at radius 2 is 1.78 bits per heavy atom. The smallest absolute Gasteiger partial charge is 0.241 e. The molecular formula is C23H24N2O2. The average Bonchev–Trinajstić information content (AvgIpc) is 2.67. The highest BCUT2D eigenvalue weighted by atomic mass is 16.5. The molecule has 0 aliphatic carbocycles. The first-order valence-corrected chi connectivity index (χ1v) is 8.88. The van der Waals surface area contributed by atoms with Crippen LogP contribution in [-0.4, -0.2) is 15.1 Å². The quantitative estimate of drug-likeness (QED) is 0.665. The highest BCUT2D eigenvalue weighted by Gasteiger charge is 2.21. The van der Waals surface area contributed by atoms with Crippen LogP contribution in [0.25, 0.3) is 17.3 Å². The number of nitrogens with zero attached hydrogens (tertiary/aromatic N) is 2. The van der Waals surface area contributed by atoms with Crippen molar-refractivity contribution in [3.8, 4) is 22.9 Å². The summed E-state index contributed by atoms with van der Waals surface area (Å²) in [5.41, 5.74) is 3.79. The van der Waals surface area contributed by atoms with E-state index < -0.39 is 0 Å². The normalized spacial score (nSPS) is 11.2. The maximum Gasteiger partial charge on any atom is 0.241 e. The molecule has 1 N–H and O–H groups in total. The first kappa shape index (κ1) is 18.6. The third-order valence-corrected chi connectivity index (χ3v) is 4.36. The van der Waals surface area contributed by atoms with Gasteiger partial charge in [-0.25, -0.2) is 9.97 Å². The summed E-state index contributed by atoms with van der Waals surface area (Å²) in [6, 6.07) is 13.8. The molecule has 1 heterocycles. The molecule has 0 saturated carbocycles. The number of rotatable bonds is 5. The molecule has 0 bridgehead atoms. The fourth-order valence-corrected chi connectivity index (χ4v) is 2.77. The lowest BCUT2D eigenvalue weighted by molar-refractivity contribution is 0.294. The van der Waals surface area contributed by atoms with Crippen LogP contribution in [0.4, 0.5) is 0 Å². The van der Waals surface area contributed by atoms with E-state index in [4.69, 9.17) is 4.74 Å². The molecule has 0 saturated heterocycles. The summed E-state index contributed by atoms with van der Waals surface area (Å²) in [6.45, 7) is 10.6. The van der Waals surface area contributed by atoms with Gasteiger partial charge in [-0.15, -0.1) is 0 Å². The van der Waals surface area contributed by atoms with Crippen LogP contribution in [0.15, 0.2) is 61.4 Å². The number of phenolic OH excluding ortho intramolecular Hbond substituents is 1. The third-order valence-electron chi connectivity index (χ3n) is 4.36. The topological polar surface area (TPSA) is 55.2 Å². The average molecular weight is 360 g/mol. The Bertz CT molecular complexity index is 944. The summed E-state index contributed by atoms with van der Waals surface area (Å²) in [5, 5.41) is 10.7. The van der Waals surface area contributed by atoms with Crippen molar-refractivity contribution in [2.24, 2.45) is 0 Å². The van der Waals surface area contributed by atoms with E-state index in [9.17, 15) is 5.11 Å². The van der Waals surface area contributed by atoms with Gasteiger partial charge in [-0.2, -0.15) is 0 Å². The highest BCUT2D eigenvalue weighted by Crippen LogP contribution is 2.39. The Morgan fingerprint density at radius 1 is 1.07 bits per heavy atom. The lowest BCUT2D eigenvalue weighted by Crippen LogP contribution is -2.11. The van der Waals surface area contributed by atoms with Crippen LogP contribution in [-0.2, 0) is 12.0 Å². The number of aromatic nitrogens is 2. The van der Waals surface area contributed by atoms with Crippen LogP contribution in [0.5, 0.6) is 11.6 Å². The number of phenols is 1. The Kier molecular flexibility index (Phi) is 5.26. The minimum Gasteiger partial charge on any atom is -0.507 e. The monoisotopic (exact) mass is 360 g/mol. The van der Waals surface area contributed by atoms with E-state index in [1.165, 1.54) is 0 Å². The van der Waals surface area contributed by atoms with Crippen molar-refractivity contribution in [1.29, 1.82) is 0 Å². The van der Waals surface area contributed by atoms with Gasteiger partial charge < -0.3 is 9.84 Å². The maximum absolute atomic E-state index is 10.7. The SMILES string of the molecule is C=Cc1cc(C(C)(C)C)cc(-c2nccnc2OCc2ccccc2)c1O. The maximum atomic E-state index is 10.7. The molecular weight excluding hydrogens is 336 g/mol. The van der Waals surface area contributed by atoms with Crippen molar-refractivity contribution >= 4 is 6.08 Å². The van der Waals surface area contributed by atoms with Gasteiger partial charge in [-0.1, -0.05) is 63.8 Å². The molecule has 0 aliphatic rings. The zero-order chi connectivity index (χ0) is 19.4. The number of benzene rings is 2. The van der Waals surface area contributed by atoms with E-state index in [2.05, 4.69) is 37.3 Å². The predicted octanol–water partition coefficient (Wildman–Crippen LogP) is 5.37. The van der Waals surface area contributed by atoms with Gasteiger partial charge in [0, 0.05) is 23.5 Å². The zero-order valence-electron chi connectivity index (χ0n) is 15.9. The number of hydrogen-bond acceptors (Lipinski definition) is 4. The Balaban J connectivity index is 2.05. The second-order valence-electron chi connectivity index (χ2n) is 7.40. The number of ether oxygens (including phenoxy) is 1. The van der Waals surface area contributed by atoms with Crippen LogP contribution >= 0.6 is 0 Å². The Labute approximate surface area is 160 Å². The van der Waals surface area contributed by atoms with Gasteiger partial charge in [0.2, 0.25) is 5.88 Å². The van der Waals surface area contributed by atoms with Crippen molar-refractivity contribution in [3.63, 3.8) is 0 Å². The summed E-state index contributed by atoms with van der Waals surface area (Å²) in [6.07, 6.45) is 4.83. The van der Waals surface area contributed by atoms with E-state index >= 15 is 0 Å².